The molecule has 1 fully saturated rings. The largest absolute Gasteiger partial charge is 0.493 e. The molecule has 152 valence electrons. The Kier molecular flexibility index (Phi) is 6.05. The van der Waals surface area contributed by atoms with Crippen molar-refractivity contribution in [3.63, 3.8) is 0 Å². The summed E-state index contributed by atoms with van der Waals surface area (Å²) >= 11 is 3.25. The fourth-order valence-corrected chi connectivity index (χ4v) is 3.15. The minimum atomic E-state index is -0.406. The molecule has 0 aliphatic carbocycles. The maximum Gasteiger partial charge on any atom is 0.211 e. The first kappa shape index (κ1) is 19.8. The van der Waals surface area contributed by atoms with Gasteiger partial charge in [0.1, 0.15) is 18.0 Å². The van der Waals surface area contributed by atoms with Crippen molar-refractivity contribution in [3.05, 3.63) is 46.9 Å². The van der Waals surface area contributed by atoms with Gasteiger partial charge in [0.05, 0.1) is 44.6 Å². The highest BCUT2D eigenvalue weighted by Gasteiger charge is 2.17. The van der Waals surface area contributed by atoms with Crippen LogP contribution >= 0.6 is 15.9 Å². The Morgan fingerprint density at radius 1 is 1.14 bits per heavy atom. The Labute approximate surface area is 174 Å². The molecular formula is C19H18BrFN4O4. The van der Waals surface area contributed by atoms with Crippen molar-refractivity contribution < 1.29 is 23.7 Å². The minimum Gasteiger partial charge on any atom is -0.493 e. The number of rotatable bonds is 6. The van der Waals surface area contributed by atoms with Crippen molar-refractivity contribution in [1.82, 2.24) is 15.0 Å². The molecule has 0 bridgehead atoms. The zero-order valence-corrected chi connectivity index (χ0v) is 17.1. The van der Waals surface area contributed by atoms with E-state index in [1.54, 1.807) is 29.3 Å². The highest BCUT2D eigenvalue weighted by molar-refractivity contribution is 9.10. The number of nitrogens with zero attached hydrogens (tertiary/aromatic N) is 3. The molecule has 0 amide bonds. The number of hydrogen-bond acceptors (Lipinski definition) is 8. The van der Waals surface area contributed by atoms with Crippen molar-refractivity contribution in [3.8, 4) is 11.5 Å². The monoisotopic (exact) mass is 464 g/mol. The molecule has 4 rings (SSSR count). The lowest BCUT2D eigenvalue weighted by Crippen LogP contribution is -2.37. The summed E-state index contributed by atoms with van der Waals surface area (Å²) in [4.78, 5) is 19.4. The van der Waals surface area contributed by atoms with Crippen LogP contribution in [-0.2, 0) is 9.73 Å². The van der Waals surface area contributed by atoms with Crippen molar-refractivity contribution in [2.24, 2.45) is 0 Å². The lowest BCUT2D eigenvalue weighted by Gasteiger charge is -2.24. The van der Waals surface area contributed by atoms with Crippen LogP contribution in [0.25, 0.3) is 10.9 Å². The molecule has 1 aliphatic heterocycles. The topological polar surface area (TPSA) is 78.0 Å². The van der Waals surface area contributed by atoms with Crippen LogP contribution in [0.5, 0.6) is 11.5 Å². The summed E-state index contributed by atoms with van der Waals surface area (Å²) in [7, 11) is 1.52. The molecule has 1 N–H and O–H groups in total. The van der Waals surface area contributed by atoms with E-state index in [9.17, 15) is 4.39 Å². The first-order valence-electron chi connectivity index (χ1n) is 8.86. The lowest BCUT2D eigenvalue weighted by atomic mass is 10.2. The normalized spacial score (nSPS) is 14.7. The summed E-state index contributed by atoms with van der Waals surface area (Å²) in [5, 5.41) is 5.31. The van der Waals surface area contributed by atoms with E-state index in [4.69, 9.17) is 19.3 Å². The Morgan fingerprint density at radius 2 is 1.97 bits per heavy atom. The maximum atomic E-state index is 14.2. The number of hydrogen-bond donors (Lipinski definition) is 1. The number of nitrogens with one attached hydrogen (secondary N) is 1. The number of ether oxygens (including phenoxy) is 2. The van der Waals surface area contributed by atoms with Gasteiger partial charge in [0.25, 0.3) is 0 Å². The number of benzene rings is 2. The summed E-state index contributed by atoms with van der Waals surface area (Å²) in [6, 6.07) is 8.13. The van der Waals surface area contributed by atoms with Gasteiger partial charge in [0.2, 0.25) is 5.75 Å². The molecule has 3 aromatic rings. The second-order valence-corrected chi connectivity index (χ2v) is 7.11. The van der Waals surface area contributed by atoms with Gasteiger partial charge in [-0.15, -0.1) is 5.06 Å². The Balaban J connectivity index is 1.62. The van der Waals surface area contributed by atoms with Crippen LogP contribution < -0.4 is 14.9 Å². The first-order valence-corrected chi connectivity index (χ1v) is 9.65. The Morgan fingerprint density at radius 3 is 2.72 bits per heavy atom. The smallest absolute Gasteiger partial charge is 0.211 e. The molecule has 1 aliphatic rings. The van der Waals surface area contributed by atoms with Gasteiger partial charge in [-0.3, -0.25) is 0 Å². The Hall–Kier alpha value is -2.53. The lowest BCUT2D eigenvalue weighted by molar-refractivity contribution is -0.378. The molecule has 0 atom stereocenters. The second-order valence-electron chi connectivity index (χ2n) is 6.19. The van der Waals surface area contributed by atoms with E-state index in [0.29, 0.717) is 64.7 Å². The van der Waals surface area contributed by atoms with Gasteiger partial charge >= 0.3 is 0 Å². The fourth-order valence-electron chi connectivity index (χ4n) is 2.82. The van der Waals surface area contributed by atoms with Crippen molar-refractivity contribution in [1.29, 1.82) is 0 Å². The van der Waals surface area contributed by atoms with Crippen molar-refractivity contribution >= 4 is 38.3 Å². The van der Waals surface area contributed by atoms with Crippen molar-refractivity contribution in [2.45, 2.75) is 0 Å². The quantitative estimate of drug-likeness (QED) is 0.435. The van der Waals surface area contributed by atoms with Gasteiger partial charge in [-0.1, -0.05) is 20.9 Å². The average Bonchev–Trinajstić information content (AvgIpc) is 2.74. The number of morpholine rings is 1. The predicted octanol–water partition coefficient (Wildman–Crippen LogP) is 3.84. The number of anilines is 2. The van der Waals surface area contributed by atoms with Crippen molar-refractivity contribution in [2.75, 3.05) is 38.7 Å². The van der Waals surface area contributed by atoms with Gasteiger partial charge in [0.15, 0.2) is 5.75 Å². The highest BCUT2D eigenvalue weighted by atomic mass is 79.9. The molecule has 0 unspecified atom stereocenters. The standard InChI is InChI=1S/C19H18BrFN4O4/c1-26-17-9-13-16(10-18(17)28-29-25-4-6-27-7-5-25)22-11-23-19(13)24-15-3-2-12(20)8-14(15)21/h2-3,8-11H,4-7H2,1H3,(H,22,23,24). The van der Waals surface area contributed by atoms with E-state index >= 15 is 0 Å². The fraction of sp³-hybridized carbons (Fsp3) is 0.263. The summed E-state index contributed by atoms with van der Waals surface area (Å²) in [6.45, 7) is 2.36. The number of aromatic nitrogens is 2. The summed E-state index contributed by atoms with van der Waals surface area (Å²) in [6.07, 6.45) is 1.39. The van der Waals surface area contributed by atoms with E-state index < -0.39 is 5.82 Å². The zero-order valence-electron chi connectivity index (χ0n) is 15.5. The van der Waals surface area contributed by atoms with Crippen LogP contribution in [0.15, 0.2) is 41.1 Å². The van der Waals surface area contributed by atoms with Crippen LogP contribution in [0.3, 0.4) is 0 Å². The minimum absolute atomic E-state index is 0.295. The second kappa shape index (κ2) is 8.87. The maximum absolute atomic E-state index is 14.2. The molecule has 2 heterocycles. The van der Waals surface area contributed by atoms with Crippen LogP contribution in [0.1, 0.15) is 0 Å². The summed E-state index contributed by atoms with van der Waals surface area (Å²) in [5.41, 5.74) is 0.879. The molecule has 29 heavy (non-hydrogen) atoms. The van der Waals surface area contributed by atoms with Gasteiger partial charge in [-0.25, -0.2) is 14.4 Å². The van der Waals surface area contributed by atoms with Crippen LogP contribution in [0.2, 0.25) is 0 Å². The molecular weight excluding hydrogens is 447 g/mol. The Bertz CT molecular complexity index is 1020. The SMILES string of the molecule is COc1cc2c(Nc3ccc(Br)cc3F)ncnc2cc1OON1CCOCC1. The molecule has 0 saturated carbocycles. The molecule has 0 radical (unpaired) electrons. The van der Waals surface area contributed by atoms with E-state index in [1.807, 2.05) is 0 Å². The van der Waals surface area contributed by atoms with Gasteiger partial charge in [-0.2, -0.15) is 0 Å². The summed E-state index contributed by atoms with van der Waals surface area (Å²) < 4.78 is 25.6. The average molecular weight is 465 g/mol. The van der Waals surface area contributed by atoms with Crippen LogP contribution in [0.4, 0.5) is 15.9 Å². The molecule has 0 spiro atoms. The van der Waals surface area contributed by atoms with Crippen LogP contribution in [0, 0.1) is 5.82 Å². The summed E-state index contributed by atoms with van der Waals surface area (Å²) in [5.74, 6) is 0.831. The third-order valence-corrected chi connectivity index (χ3v) is 4.80. The first-order chi connectivity index (χ1) is 14.1. The zero-order chi connectivity index (χ0) is 20.2. The predicted molar refractivity (Wildman–Crippen MR) is 108 cm³/mol. The van der Waals surface area contributed by atoms with Gasteiger partial charge < -0.3 is 19.7 Å². The number of fused-ring (bicyclic) bond motifs is 1. The highest BCUT2D eigenvalue weighted by Crippen LogP contribution is 2.35. The van der Waals surface area contributed by atoms with Gasteiger partial charge in [0, 0.05) is 15.9 Å². The molecule has 8 nitrogen and oxygen atoms in total. The molecule has 1 saturated heterocycles. The van der Waals surface area contributed by atoms with E-state index in [1.165, 1.54) is 19.5 Å². The van der Waals surface area contributed by atoms with Gasteiger partial charge in [-0.05, 0) is 24.3 Å². The van der Waals surface area contributed by atoms with Crippen LogP contribution in [-0.4, -0.2) is 48.4 Å². The number of hydroxylamine groups is 2. The third kappa shape index (κ3) is 4.56. The third-order valence-electron chi connectivity index (χ3n) is 4.31. The van der Waals surface area contributed by atoms with E-state index in [2.05, 4.69) is 31.2 Å². The molecule has 2 aromatic carbocycles. The molecule has 10 heteroatoms. The number of halogens is 2. The number of methoxy groups -OCH3 is 1. The van der Waals surface area contributed by atoms with E-state index in [-0.39, 0.29) is 0 Å². The van der Waals surface area contributed by atoms with E-state index in [0.717, 1.165) is 0 Å². The molecule has 1 aromatic heterocycles.